The number of carbonyl (C=O) groups excluding carboxylic acids is 3. The molecule has 1 aliphatic rings. The molecule has 2 aromatic rings. The number of carbonyl (C=O) groups is 3. The van der Waals surface area contributed by atoms with Crippen LogP contribution >= 0.6 is 22.9 Å². The summed E-state index contributed by atoms with van der Waals surface area (Å²) in [5.41, 5.74) is 1.32. The van der Waals surface area contributed by atoms with Gasteiger partial charge in [0.15, 0.2) is 0 Å². The molecule has 1 saturated carbocycles. The summed E-state index contributed by atoms with van der Waals surface area (Å²) in [4.78, 5) is 45.4. The molecule has 3 amide bonds. The number of nitrogens with zero attached hydrogens (tertiary/aromatic N) is 2. The molecule has 10 heteroatoms. The van der Waals surface area contributed by atoms with Crippen molar-refractivity contribution in [3.8, 4) is 0 Å². The lowest BCUT2D eigenvalue weighted by molar-refractivity contribution is -0.129. The van der Waals surface area contributed by atoms with Gasteiger partial charge in [0.2, 0.25) is 17.7 Å². The van der Waals surface area contributed by atoms with Crippen molar-refractivity contribution in [2.75, 3.05) is 26.2 Å². The van der Waals surface area contributed by atoms with Gasteiger partial charge >= 0.3 is 0 Å². The largest absolute Gasteiger partial charge is 0.350 e. The van der Waals surface area contributed by atoms with E-state index in [9.17, 15) is 14.4 Å². The Labute approximate surface area is 234 Å². The van der Waals surface area contributed by atoms with Gasteiger partial charge in [-0.25, -0.2) is 4.98 Å². The standard InChI is InChI=1S/C28H40ClN5O3S/c1-5-25(35)31-22(15-26-32-21-13-12-20(29)14-24(21)38-26)28(37)33-23(19-10-8-9-11-19)16-30-27(36)18(4)17-34(6-2)7-3/h12-14,19,22-23H,4-11,15-17H2,1-3H3,(H,30,36)(H,31,35)(H,33,37)/t22-,23+/m0/s1. The van der Waals surface area contributed by atoms with Crippen molar-refractivity contribution in [2.24, 2.45) is 5.92 Å². The van der Waals surface area contributed by atoms with Crippen LogP contribution in [-0.4, -0.2) is 65.9 Å². The summed E-state index contributed by atoms with van der Waals surface area (Å²) in [6.45, 7) is 12.3. The van der Waals surface area contributed by atoms with Crippen LogP contribution in [-0.2, 0) is 20.8 Å². The molecule has 1 aromatic heterocycles. The molecule has 1 aliphatic carbocycles. The lowest BCUT2D eigenvalue weighted by Crippen LogP contribution is -2.55. The predicted octanol–water partition coefficient (Wildman–Crippen LogP) is 4.08. The van der Waals surface area contributed by atoms with Gasteiger partial charge < -0.3 is 16.0 Å². The topological polar surface area (TPSA) is 103 Å². The van der Waals surface area contributed by atoms with E-state index in [1.54, 1.807) is 13.0 Å². The molecule has 0 saturated heterocycles. The molecule has 0 unspecified atom stereocenters. The molecule has 1 aromatic carbocycles. The Kier molecular flexibility index (Phi) is 11.6. The SMILES string of the molecule is C=C(CN(CC)CC)C(=O)NC[C@@H](NC(=O)[C@H](Cc1nc2ccc(Cl)cc2s1)NC(=O)CC)C1CCCC1. The van der Waals surface area contributed by atoms with Crippen LogP contribution in [0.15, 0.2) is 30.4 Å². The average molecular weight is 562 g/mol. The predicted molar refractivity (Wildman–Crippen MR) is 154 cm³/mol. The van der Waals surface area contributed by atoms with E-state index in [4.69, 9.17) is 11.6 Å². The number of hydrogen-bond donors (Lipinski definition) is 3. The van der Waals surface area contributed by atoms with Crippen LogP contribution in [0.25, 0.3) is 10.2 Å². The molecular formula is C28H40ClN5O3S. The molecule has 0 bridgehead atoms. The Balaban J connectivity index is 1.70. The first kappa shape index (κ1) is 30.1. The number of aromatic nitrogens is 1. The summed E-state index contributed by atoms with van der Waals surface area (Å²) >= 11 is 7.59. The molecule has 1 fully saturated rings. The fourth-order valence-corrected chi connectivity index (χ4v) is 6.10. The third-order valence-corrected chi connectivity index (χ3v) is 8.43. The zero-order valence-electron chi connectivity index (χ0n) is 22.6. The number of hydrogen-bond acceptors (Lipinski definition) is 6. The zero-order valence-corrected chi connectivity index (χ0v) is 24.2. The van der Waals surface area contributed by atoms with Crippen LogP contribution in [0.5, 0.6) is 0 Å². The second-order valence-electron chi connectivity index (χ2n) is 9.83. The second-order valence-corrected chi connectivity index (χ2v) is 11.4. The first-order valence-electron chi connectivity index (χ1n) is 13.6. The number of benzene rings is 1. The van der Waals surface area contributed by atoms with Gasteiger partial charge in [0, 0.05) is 42.6 Å². The van der Waals surface area contributed by atoms with Gasteiger partial charge in [0.05, 0.1) is 15.2 Å². The maximum absolute atomic E-state index is 13.5. The maximum Gasteiger partial charge on any atom is 0.247 e. The number of thiazole rings is 1. The Morgan fingerprint density at radius 1 is 1.16 bits per heavy atom. The quantitative estimate of drug-likeness (QED) is 0.302. The maximum atomic E-state index is 13.5. The highest BCUT2D eigenvalue weighted by atomic mass is 35.5. The lowest BCUT2D eigenvalue weighted by atomic mass is 9.97. The molecule has 0 radical (unpaired) electrons. The first-order chi connectivity index (χ1) is 18.2. The summed E-state index contributed by atoms with van der Waals surface area (Å²) in [6, 6.07) is 4.49. The molecular weight excluding hydrogens is 522 g/mol. The number of likely N-dealkylation sites (N-methyl/N-ethyl adjacent to an activating group) is 1. The van der Waals surface area contributed by atoms with Crippen LogP contribution in [0.4, 0.5) is 0 Å². The summed E-state index contributed by atoms with van der Waals surface area (Å²) in [7, 11) is 0. The third-order valence-electron chi connectivity index (χ3n) is 7.16. The minimum Gasteiger partial charge on any atom is -0.350 e. The Morgan fingerprint density at radius 2 is 1.87 bits per heavy atom. The van der Waals surface area contributed by atoms with Gasteiger partial charge in [-0.15, -0.1) is 11.3 Å². The van der Waals surface area contributed by atoms with E-state index in [1.165, 1.54) is 11.3 Å². The zero-order chi connectivity index (χ0) is 27.7. The van der Waals surface area contributed by atoms with E-state index in [1.807, 2.05) is 12.1 Å². The van der Waals surface area contributed by atoms with Crippen LogP contribution in [0.2, 0.25) is 5.02 Å². The highest BCUT2D eigenvalue weighted by molar-refractivity contribution is 7.18. The van der Waals surface area contributed by atoms with Crippen molar-refractivity contribution in [2.45, 2.75) is 71.4 Å². The fraction of sp³-hybridized carbons (Fsp3) is 0.571. The molecule has 8 nitrogen and oxygen atoms in total. The number of halogens is 1. The molecule has 3 rings (SSSR count). The third kappa shape index (κ3) is 8.51. The van der Waals surface area contributed by atoms with Crippen molar-refractivity contribution >= 4 is 50.9 Å². The van der Waals surface area contributed by atoms with Gasteiger partial charge in [0.25, 0.3) is 0 Å². The first-order valence-corrected chi connectivity index (χ1v) is 14.8. The summed E-state index contributed by atoms with van der Waals surface area (Å²) in [6.07, 6.45) is 4.74. The average Bonchev–Trinajstić information content (AvgIpc) is 3.58. The minimum absolute atomic E-state index is 0.196. The van der Waals surface area contributed by atoms with E-state index >= 15 is 0 Å². The lowest BCUT2D eigenvalue weighted by Gasteiger charge is -2.28. The summed E-state index contributed by atoms with van der Waals surface area (Å²) in [5, 5.41) is 10.4. The van der Waals surface area contributed by atoms with Crippen molar-refractivity contribution in [1.82, 2.24) is 25.8 Å². The molecule has 2 atom stereocenters. The number of nitrogens with one attached hydrogen (secondary N) is 3. The molecule has 1 heterocycles. The van der Waals surface area contributed by atoms with Crippen molar-refractivity contribution in [1.29, 1.82) is 0 Å². The van der Waals surface area contributed by atoms with Crippen LogP contribution in [0.3, 0.4) is 0 Å². The van der Waals surface area contributed by atoms with E-state index in [2.05, 4.69) is 46.3 Å². The Morgan fingerprint density at radius 3 is 2.53 bits per heavy atom. The van der Waals surface area contributed by atoms with E-state index in [0.717, 1.165) is 54.0 Å². The van der Waals surface area contributed by atoms with Crippen LogP contribution in [0.1, 0.15) is 57.9 Å². The molecule has 3 N–H and O–H groups in total. The number of amides is 3. The van der Waals surface area contributed by atoms with E-state index < -0.39 is 6.04 Å². The number of fused-ring (bicyclic) bond motifs is 1. The molecule has 208 valence electrons. The van der Waals surface area contributed by atoms with Gasteiger partial charge in [-0.1, -0.05) is 51.8 Å². The van der Waals surface area contributed by atoms with E-state index in [0.29, 0.717) is 23.7 Å². The molecule has 0 spiro atoms. The number of rotatable bonds is 14. The Hall–Kier alpha value is -2.49. The van der Waals surface area contributed by atoms with Crippen molar-refractivity contribution < 1.29 is 14.4 Å². The van der Waals surface area contributed by atoms with Crippen LogP contribution < -0.4 is 16.0 Å². The van der Waals surface area contributed by atoms with Gasteiger partial charge in [-0.3, -0.25) is 19.3 Å². The summed E-state index contributed by atoms with van der Waals surface area (Å²) in [5.74, 6) is -0.398. The van der Waals surface area contributed by atoms with Gasteiger partial charge in [0.1, 0.15) is 6.04 Å². The van der Waals surface area contributed by atoms with Gasteiger partial charge in [-0.2, -0.15) is 0 Å². The molecule has 0 aliphatic heterocycles. The monoisotopic (exact) mass is 561 g/mol. The van der Waals surface area contributed by atoms with Crippen molar-refractivity contribution in [3.05, 3.63) is 40.4 Å². The highest BCUT2D eigenvalue weighted by Crippen LogP contribution is 2.28. The minimum atomic E-state index is -0.768. The second kappa shape index (κ2) is 14.6. The smallest absolute Gasteiger partial charge is 0.247 e. The van der Waals surface area contributed by atoms with Crippen molar-refractivity contribution in [3.63, 3.8) is 0 Å². The molecule has 38 heavy (non-hydrogen) atoms. The Bertz CT molecular complexity index is 1130. The fourth-order valence-electron chi connectivity index (χ4n) is 4.81. The summed E-state index contributed by atoms with van der Waals surface area (Å²) < 4.78 is 0.935. The normalized spacial score (nSPS) is 15.4. The highest BCUT2D eigenvalue weighted by Gasteiger charge is 2.30. The van der Waals surface area contributed by atoms with Crippen LogP contribution in [0, 0.1) is 5.92 Å². The van der Waals surface area contributed by atoms with E-state index in [-0.39, 0.29) is 42.5 Å². The van der Waals surface area contributed by atoms with Gasteiger partial charge in [-0.05, 0) is 50.0 Å².